The Bertz CT molecular complexity index is 612. The molecule has 2 aromatic rings. The van der Waals surface area contributed by atoms with E-state index in [2.05, 4.69) is 0 Å². The van der Waals surface area contributed by atoms with E-state index in [0.717, 1.165) is 11.1 Å². The van der Waals surface area contributed by atoms with Gasteiger partial charge in [-0.15, -0.1) is 0 Å². The molecule has 0 aliphatic heterocycles. The van der Waals surface area contributed by atoms with Crippen LogP contribution < -0.4 is 4.74 Å². The second kappa shape index (κ2) is 6.68. The Kier molecular flexibility index (Phi) is 5.17. The van der Waals surface area contributed by atoms with Crippen LogP contribution in [0.15, 0.2) is 36.4 Å². The van der Waals surface area contributed by atoms with Crippen molar-refractivity contribution < 1.29 is 9.84 Å². The molecule has 2 rings (SSSR count). The quantitative estimate of drug-likeness (QED) is 0.826. The molecule has 0 bridgehead atoms. The standard InChI is InChI=1S/C15H13Cl3O2/c1-9(19)10-2-5-15(14(18)7-10)20-8-11-6-12(16)3-4-13(11)17/h2-7,9,19H,8H2,1H3. The van der Waals surface area contributed by atoms with Crippen molar-refractivity contribution in [3.63, 3.8) is 0 Å². The number of benzene rings is 2. The molecule has 1 atom stereocenters. The highest BCUT2D eigenvalue weighted by Gasteiger charge is 2.08. The topological polar surface area (TPSA) is 29.5 Å². The van der Waals surface area contributed by atoms with Gasteiger partial charge in [-0.25, -0.2) is 0 Å². The van der Waals surface area contributed by atoms with Gasteiger partial charge in [-0.2, -0.15) is 0 Å². The van der Waals surface area contributed by atoms with E-state index in [1.165, 1.54) is 0 Å². The van der Waals surface area contributed by atoms with Gasteiger partial charge in [0.1, 0.15) is 12.4 Å². The molecular weight excluding hydrogens is 319 g/mol. The lowest BCUT2D eigenvalue weighted by Gasteiger charge is -2.12. The van der Waals surface area contributed by atoms with Crippen molar-refractivity contribution in [2.75, 3.05) is 0 Å². The molecule has 0 saturated carbocycles. The van der Waals surface area contributed by atoms with Crippen LogP contribution in [0.2, 0.25) is 15.1 Å². The first kappa shape index (κ1) is 15.5. The van der Waals surface area contributed by atoms with Gasteiger partial charge < -0.3 is 9.84 Å². The summed E-state index contributed by atoms with van der Waals surface area (Å²) in [7, 11) is 0. The molecule has 1 N–H and O–H groups in total. The first-order chi connectivity index (χ1) is 9.47. The summed E-state index contributed by atoms with van der Waals surface area (Å²) < 4.78 is 5.64. The smallest absolute Gasteiger partial charge is 0.138 e. The molecule has 0 aliphatic carbocycles. The third kappa shape index (κ3) is 3.80. The second-order valence-electron chi connectivity index (χ2n) is 4.39. The fraction of sp³-hybridized carbons (Fsp3) is 0.200. The maximum absolute atomic E-state index is 9.48. The van der Waals surface area contributed by atoms with Gasteiger partial charge in [0.25, 0.3) is 0 Å². The molecular formula is C15H13Cl3O2. The summed E-state index contributed by atoms with van der Waals surface area (Å²) in [5.74, 6) is 0.534. The Hall–Kier alpha value is -0.930. The van der Waals surface area contributed by atoms with Gasteiger partial charge in [-0.3, -0.25) is 0 Å². The lowest BCUT2D eigenvalue weighted by Crippen LogP contribution is -1.98. The molecule has 106 valence electrons. The van der Waals surface area contributed by atoms with Gasteiger partial charge in [-0.05, 0) is 42.8 Å². The van der Waals surface area contributed by atoms with E-state index in [4.69, 9.17) is 39.5 Å². The zero-order valence-corrected chi connectivity index (χ0v) is 13.0. The molecule has 0 radical (unpaired) electrons. The molecule has 0 aliphatic rings. The predicted molar refractivity (Wildman–Crippen MR) is 82.9 cm³/mol. The summed E-state index contributed by atoms with van der Waals surface area (Å²) in [5, 5.41) is 11.1. The van der Waals surface area contributed by atoms with Crippen molar-refractivity contribution >= 4 is 34.8 Å². The number of aliphatic hydroxyl groups is 1. The van der Waals surface area contributed by atoms with E-state index in [1.54, 1.807) is 43.3 Å². The maximum atomic E-state index is 9.48. The minimum absolute atomic E-state index is 0.271. The van der Waals surface area contributed by atoms with Crippen LogP contribution >= 0.6 is 34.8 Å². The third-order valence-electron chi connectivity index (χ3n) is 2.83. The molecule has 1 unspecified atom stereocenters. The second-order valence-corrected chi connectivity index (χ2v) is 5.64. The summed E-state index contributed by atoms with van der Waals surface area (Å²) in [6.07, 6.45) is -0.566. The molecule has 0 aromatic heterocycles. The summed E-state index contributed by atoms with van der Waals surface area (Å²) >= 11 is 18.1. The maximum Gasteiger partial charge on any atom is 0.138 e. The zero-order chi connectivity index (χ0) is 14.7. The van der Waals surface area contributed by atoms with E-state index in [0.29, 0.717) is 20.8 Å². The minimum atomic E-state index is -0.566. The van der Waals surface area contributed by atoms with Gasteiger partial charge in [0, 0.05) is 15.6 Å². The van der Waals surface area contributed by atoms with Gasteiger partial charge in [0.2, 0.25) is 0 Å². The van der Waals surface area contributed by atoms with Crippen molar-refractivity contribution in [2.45, 2.75) is 19.6 Å². The number of hydrogen-bond acceptors (Lipinski definition) is 2. The normalized spacial score (nSPS) is 12.2. The fourth-order valence-corrected chi connectivity index (χ4v) is 2.31. The Morgan fingerprint density at radius 3 is 2.45 bits per heavy atom. The van der Waals surface area contributed by atoms with Crippen LogP contribution in [-0.2, 0) is 6.61 Å². The molecule has 20 heavy (non-hydrogen) atoms. The van der Waals surface area contributed by atoms with Crippen LogP contribution in [0.5, 0.6) is 5.75 Å². The Labute approximate surface area is 132 Å². The number of aliphatic hydroxyl groups excluding tert-OH is 1. The van der Waals surface area contributed by atoms with Crippen molar-refractivity contribution in [3.05, 3.63) is 62.6 Å². The minimum Gasteiger partial charge on any atom is -0.487 e. The number of rotatable bonds is 4. The average molecular weight is 332 g/mol. The molecule has 0 fully saturated rings. The first-order valence-electron chi connectivity index (χ1n) is 6.01. The van der Waals surface area contributed by atoms with Gasteiger partial charge in [0.15, 0.2) is 0 Å². The number of halogens is 3. The van der Waals surface area contributed by atoms with Crippen molar-refractivity contribution in [1.82, 2.24) is 0 Å². The van der Waals surface area contributed by atoms with Crippen molar-refractivity contribution in [2.24, 2.45) is 0 Å². The average Bonchev–Trinajstić information content (AvgIpc) is 2.40. The molecule has 5 heteroatoms. The Balaban J connectivity index is 2.13. The third-order valence-corrected chi connectivity index (χ3v) is 3.73. The van der Waals surface area contributed by atoms with E-state index in [1.807, 2.05) is 0 Å². The van der Waals surface area contributed by atoms with Crippen molar-refractivity contribution in [3.8, 4) is 5.75 Å². The van der Waals surface area contributed by atoms with Crippen molar-refractivity contribution in [1.29, 1.82) is 0 Å². The highest BCUT2D eigenvalue weighted by molar-refractivity contribution is 6.33. The lowest BCUT2D eigenvalue weighted by atomic mass is 10.1. The molecule has 0 amide bonds. The largest absolute Gasteiger partial charge is 0.487 e. The van der Waals surface area contributed by atoms with E-state index >= 15 is 0 Å². The Morgan fingerprint density at radius 2 is 1.80 bits per heavy atom. The molecule has 0 heterocycles. The highest BCUT2D eigenvalue weighted by Crippen LogP contribution is 2.29. The van der Waals surface area contributed by atoms with Crippen LogP contribution in [0.1, 0.15) is 24.2 Å². The highest BCUT2D eigenvalue weighted by atomic mass is 35.5. The molecule has 0 spiro atoms. The molecule has 0 saturated heterocycles. The lowest BCUT2D eigenvalue weighted by molar-refractivity contribution is 0.199. The summed E-state index contributed by atoms with van der Waals surface area (Å²) in [4.78, 5) is 0. The van der Waals surface area contributed by atoms with E-state index in [9.17, 15) is 5.11 Å². The number of hydrogen-bond donors (Lipinski definition) is 1. The van der Waals surface area contributed by atoms with Crippen LogP contribution in [-0.4, -0.2) is 5.11 Å². The van der Waals surface area contributed by atoms with Crippen LogP contribution in [0.4, 0.5) is 0 Å². The Morgan fingerprint density at radius 1 is 1.05 bits per heavy atom. The monoisotopic (exact) mass is 330 g/mol. The first-order valence-corrected chi connectivity index (χ1v) is 7.15. The van der Waals surface area contributed by atoms with Gasteiger partial charge in [0.05, 0.1) is 11.1 Å². The van der Waals surface area contributed by atoms with E-state index in [-0.39, 0.29) is 6.61 Å². The summed E-state index contributed by atoms with van der Waals surface area (Å²) in [5.41, 5.74) is 1.53. The molecule has 2 aromatic carbocycles. The summed E-state index contributed by atoms with van der Waals surface area (Å²) in [6, 6.07) is 10.4. The van der Waals surface area contributed by atoms with Gasteiger partial charge >= 0.3 is 0 Å². The van der Waals surface area contributed by atoms with E-state index < -0.39 is 6.10 Å². The fourth-order valence-electron chi connectivity index (χ4n) is 1.70. The predicted octanol–water partition coefficient (Wildman–Crippen LogP) is 5.28. The zero-order valence-electron chi connectivity index (χ0n) is 10.7. The van der Waals surface area contributed by atoms with Crippen LogP contribution in [0.25, 0.3) is 0 Å². The SMILES string of the molecule is CC(O)c1ccc(OCc2cc(Cl)ccc2Cl)c(Cl)c1. The number of ether oxygens (including phenoxy) is 1. The summed E-state index contributed by atoms with van der Waals surface area (Å²) in [6.45, 7) is 1.95. The molecule has 2 nitrogen and oxygen atoms in total. The van der Waals surface area contributed by atoms with Crippen LogP contribution in [0.3, 0.4) is 0 Å². The van der Waals surface area contributed by atoms with Gasteiger partial charge in [-0.1, -0.05) is 40.9 Å². The van der Waals surface area contributed by atoms with Crippen LogP contribution in [0, 0.1) is 0 Å².